The van der Waals surface area contributed by atoms with E-state index >= 15 is 0 Å². The van der Waals surface area contributed by atoms with E-state index in [0.717, 1.165) is 17.7 Å². The molecule has 4 rings (SSSR count). The minimum absolute atomic E-state index is 0.186. The van der Waals surface area contributed by atoms with Crippen molar-refractivity contribution < 1.29 is 22.0 Å². The Morgan fingerprint density at radius 1 is 0.968 bits per heavy atom. The van der Waals surface area contributed by atoms with E-state index in [-0.39, 0.29) is 11.4 Å². The molecule has 31 heavy (non-hydrogen) atoms. The van der Waals surface area contributed by atoms with Crippen molar-refractivity contribution in [3.05, 3.63) is 89.9 Å². The number of amides is 1. The lowest BCUT2D eigenvalue weighted by Gasteiger charge is -2.09. The zero-order valence-corrected chi connectivity index (χ0v) is 17.0. The molecule has 0 aliphatic heterocycles. The Hall–Kier alpha value is -3.79. The summed E-state index contributed by atoms with van der Waals surface area (Å²) in [7, 11) is -4.11. The van der Waals surface area contributed by atoms with Gasteiger partial charge in [0.05, 0.1) is 4.90 Å². The molecule has 2 N–H and O–H groups in total. The maximum absolute atomic E-state index is 13.3. The lowest BCUT2D eigenvalue weighted by Crippen LogP contribution is -2.14. The summed E-state index contributed by atoms with van der Waals surface area (Å²) < 4.78 is 55.1. The summed E-state index contributed by atoms with van der Waals surface area (Å²) in [6, 6.07) is 11.9. The molecule has 2 aromatic heterocycles. The molecule has 0 radical (unpaired) electrons. The van der Waals surface area contributed by atoms with Crippen molar-refractivity contribution >= 4 is 33.0 Å². The Bertz CT molecular complexity index is 1400. The van der Waals surface area contributed by atoms with Crippen LogP contribution in [0.15, 0.2) is 71.9 Å². The number of fused-ring (bicyclic) bond motifs is 1. The number of halogens is 2. The van der Waals surface area contributed by atoms with Gasteiger partial charge in [0.25, 0.3) is 15.9 Å². The number of rotatable bonds is 5. The van der Waals surface area contributed by atoms with E-state index < -0.39 is 32.5 Å². The van der Waals surface area contributed by atoms with Crippen LogP contribution in [-0.4, -0.2) is 23.7 Å². The molecule has 2 heterocycles. The molecule has 2 aromatic carbocycles. The Balaban J connectivity index is 1.47. The smallest absolute Gasteiger partial charge is 0.275 e. The van der Waals surface area contributed by atoms with Crippen LogP contribution in [0.3, 0.4) is 0 Å². The van der Waals surface area contributed by atoms with E-state index in [0.29, 0.717) is 17.4 Å². The number of carbonyl (C=O) groups excluding carboxylic acids is 1. The highest BCUT2D eigenvalue weighted by atomic mass is 32.2. The first-order valence-corrected chi connectivity index (χ1v) is 10.5. The van der Waals surface area contributed by atoms with Crippen molar-refractivity contribution in [3.8, 4) is 0 Å². The molecule has 0 spiro atoms. The second-order valence-corrected chi connectivity index (χ2v) is 8.49. The first-order valence-electron chi connectivity index (χ1n) is 9.06. The molecule has 158 valence electrons. The number of nitrogens with zero attached hydrogens (tertiary/aromatic N) is 2. The molecule has 10 heteroatoms. The van der Waals surface area contributed by atoms with Crippen LogP contribution >= 0.6 is 0 Å². The zero-order chi connectivity index (χ0) is 22.2. The van der Waals surface area contributed by atoms with Gasteiger partial charge in [-0.25, -0.2) is 22.2 Å². The lowest BCUT2D eigenvalue weighted by molar-refractivity contribution is 0.102. The van der Waals surface area contributed by atoms with E-state index in [9.17, 15) is 22.0 Å². The third kappa shape index (κ3) is 4.38. The third-order valence-corrected chi connectivity index (χ3v) is 5.82. The minimum atomic E-state index is -4.11. The number of hydrogen-bond donors (Lipinski definition) is 2. The summed E-state index contributed by atoms with van der Waals surface area (Å²) >= 11 is 0. The number of hydrogen-bond acceptors (Lipinski definition) is 4. The van der Waals surface area contributed by atoms with Gasteiger partial charge in [0.1, 0.15) is 11.3 Å². The summed E-state index contributed by atoms with van der Waals surface area (Å²) in [5, 5.41) is 2.69. The SMILES string of the molecule is Cc1ccn2cc(C(=O)Nc3ccc(NS(=O)(=O)c4ccc(F)c(F)c4)cc3)nc2c1. The number of imidazole rings is 1. The first kappa shape index (κ1) is 20.5. The van der Waals surface area contributed by atoms with Crippen LogP contribution in [0.25, 0.3) is 5.65 Å². The molecule has 4 aromatic rings. The Morgan fingerprint density at radius 3 is 2.39 bits per heavy atom. The average Bonchev–Trinajstić information content (AvgIpc) is 3.14. The molecule has 0 unspecified atom stereocenters. The largest absolute Gasteiger partial charge is 0.321 e. The van der Waals surface area contributed by atoms with Crippen molar-refractivity contribution in [2.75, 3.05) is 10.0 Å². The predicted molar refractivity (Wildman–Crippen MR) is 111 cm³/mol. The van der Waals surface area contributed by atoms with Gasteiger partial charge in [0.15, 0.2) is 11.6 Å². The molecular formula is C21H16F2N4O3S. The molecule has 0 atom stereocenters. The van der Waals surface area contributed by atoms with Gasteiger partial charge in [-0.3, -0.25) is 9.52 Å². The van der Waals surface area contributed by atoms with Crippen LogP contribution in [0.1, 0.15) is 16.1 Å². The van der Waals surface area contributed by atoms with Crippen LogP contribution in [0.5, 0.6) is 0 Å². The zero-order valence-electron chi connectivity index (χ0n) is 16.1. The van der Waals surface area contributed by atoms with E-state index in [1.807, 2.05) is 25.3 Å². The van der Waals surface area contributed by atoms with Gasteiger partial charge >= 0.3 is 0 Å². The summed E-state index contributed by atoms with van der Waals surface area (Å²) in [5.74, 6) is -2.82. The van der Waals surface area contributed by atoms with Gasteiger partial charge in [-0.05, 0) is 67.1 Å². The van der Waals surface area contributed by atoms with Gasteiger partial charge in [-0.15, -0.1) is 0 Å². The third-order valence-electron chi connectivity index (χ3n) is 4.44. The number of pyridine rings is 1. The second kappa shape index (κ2) is 7.80. The second-order valence-electron chi connectivity index (χ2n) is 6.81. The Labute approximate surface area is 176 Å². The number of carbonyl (C=O) groups is 1. The van der Waals surface area contributed by atoms with Gasteiger partial charge in [0, 0.05) is 23.8 Å². The quantitative estimate of drug-likeness (QED) is 0.489. The fraction of sp³-hybridized carbons (Fsp3) is 0.0476. The monoisotopic (exact) mass is 442 g/mol. The number of aryl methyl sites for hydroxylation is 1. The van der Waals surface area contributed by atoms with Crippen molar-refractivity contribution in [3.63, 3.8) is 0 Å². The Morgan fingerprint density at radius 2 is 1.68 bits per heavy atom. The molecule has 0 saturated carbocycles. The molecule has 1 amide bonds. The number of nitrogens with one attached hydrogen (secondary N) is 2. The van der Waals surface area contributed by atoms with Crippen LogP contribution < -0.4 is 10.0 Å². The fourth-order valence-electron chi connectivity index (χ4n) is 2.87. The summed E-state index contributed by atoms with van der Waals surface area (Å²) in [6.07, 6.45) is 3.41. The molecular weight excluding hydrogens is 426 g/mol. The molecule has 0 fully saturated rings. The van der Waals surface area contributed by atoms with Gasteiger partial charge in [-0.1, -0.05) is 0 Å². The predicted octanol–water partition coefficient (Wildman–Crippen LogP) is 3.97. The lowest BCUT2D eigenvalue weighted by atomic mass is 10.3. The standard InChI is InChI=1S/C21H16F2N4O3S/c1-13-8-9-27-12-19(25-20(27)10-13)21(28)24-14-2-4-15(5-3-14)26-31(29,30)16-6-7-17(22)18(23)11-16/h2-12,26H,1H3,(H,24,28). The normalized spacial score (nSPS) is 11.5. The van der Waals surface area contributed by atoms with Crippen LogP contribution in [0.4, 0.5) is 20.2 Å². The van der Waals surface area contributed by atoms with E-state index in [2.05, 4.69) is 15.0 Å². The van der Waals surface area contributed by atoms with Crippen molar-refractivity contribution in [1.29, 1.82) is 0 Å². The molecule has 7 nitrogen and oxygen atoms in total. The maximum Gasteiger partial charge on any atom is 0.275 e. The topological polar surface area (TPSA) is 92.6 Å². The number of sulfonamides is 1. The van der Waals surface area contributed by atoms with E-state index in [1.54, 1.807) is 10.6 Å². The van der Waals surface area contributed by atoms with Crippen LogP contribution in [0, 0.1) is 18.6 Å². The Kier molecular flexibility index (Phi) is 5.15. The highest BCUT2D eigenvalue weighted by Crippen LogP contribution is 2.20. The van der Waals surface area contributed by atoms with Gasteiger partial charge in [0.2, 0.25) is 0 Å². The van der Waals surface area contributed by atoms with Crippen LogP contribution in [-0.2, 0) is 10.0 Å². The summed E-state index contributed by atoms with van der Waals surface area (Å²) in [5.41, 5.74) is 2.51. The van der Waals surface area contributed by atoms with Gasteiger partial charge in [-0.2, -0.15) is 0 Å². The van der Waals surface area contributed by atoms with E-state index in [1.165, 1.54) is 24.3 Å². The summed E-state index contributed by atoms with van der Waals surface area (Å²) in [6.45, 7) is 1.93. The molecule has 0 aliphatic rings. The maximum atomic E-state index is 13.3. The molecule has 0 bridgehead atoms. The fourth-order valence-corrected chi connectivity index (χ4v) is 3.94. The highest BCUT2D eigenvalue weighted by Gasteiger charge is 2.17. The average molecular weight is 442 g/mol. The van der Waals surface area contributed by atoms with E-state index in [4.69, 9.17) is 0 Å². The van der Waals surface area contributed by atoms with Gasteiger partial charge < -0.3 is 9.72 Å². The van der Waals surface area contributed by atoms with Crippen molar-refractivity contribution in [1.82, 2.24) is 9.38 Å². The number of anilines is 2. The molecule has 0 aliphatic carbocycles. The minimum Gasteiger partial charge on any atom is -0.321 e. The highest BCUT2D eigenvalue weighted by molar-refractivity contribution is 7.92. The molecule has 0 saturated heterocycles. The van der Waals surface area contributed by atoms with Crippen molar-refractivity contribution in [2.24, 2.45) is 0 Å². The number of benzene rings is 2. The summed E-state index contributed by atoms with van der Waals surface area (Å²) in [4.78, 5) is 16.3. The van der Waals surface area contributed by atoms with Crippen molar-refractivity contribution in [2.45, 2.75) is 11.8 Å². The first-order chi connectivity index (χ1) is 14.7. The number of aromatic nitrogens is 2. The van der Waals surface area contributed by atoms with Crippen LogP contribution in [0.2, 0.25) is 0 Å².